The molecule has 0 aliphatic carbocycles. The summed E-state index contributed by atoms with van der Waals surface area (Å²) in [4.78, 5) is 2.58. The van der Waals surface area contributed by atoms with Crippen molar-refractivity contribution < 1.29 is 5.11 Å². The van der Waals surface area contributed by atoms with Gasteiger partial charge in [0, 0.05) is 11.6 Å². The second-order valence-electron chi connectivity index (χ2n) is 5.87. The fourth-order valence-electron chi connectivity index (χ4n) is 2.74. The van der Waals surface area contributed by atoms with Crippen molar-refractivity contribution in [2.45, 2.75) is 64.5 Å². The van der Waals surface area contributed by atoms with E-state index in [9.17, 15) is 5.11 Å². The number of likely N-dealkylation sites (tertiary alicyclic amines) is 1. The number of aliphatic hydroxyl groups is 1. The first kappa shape index (κ1) is 14.9. The Bertz CT molecular complexity index is 216. The van der Waals surface area contributed by atoms with Crippen molar-refractivity contribution in [3.63, 3.8) is 0 Å². The lowest BCUT2D eigenvalue weighted by molar-refractivity contribution is 0.104. The summed E-state index contributed by atoms with van der Waals surface area (Å²) in [6.07, 6.45) is 5.58. The Balaban J connectivity index is 2.30. The number of hydrogen-bond acceptors (Lipinski definition) is 3. The summed E-state index contributed by atoms with van der Waals surface area (Å²) in [6, 6.07) is 0.701. The highest BCUT2D eigenvalue weighted by atomic mass is 16.3. The van der Waals surface area contributed by atoms with Gasteiger partial charge < -0.3 is 15.7 Å². The minimum absolute atomic E-state index is 0.107. The van der Waals surface area contributed by atoms with E-state index in [4.69, 9.17) is 5.73 Å². The maximum absolute atomic E-state index is 9.28. The van der Waals surface area contributed by atoms with Crippen LogP contribution >= 0.6 is 0 Å². The summed E-state index contributed by atoms with van der Waals surface area (Å²) in [5.74, 6) is 0.815. The predicted octanol–water partition coefficient (Wildman–Crippen LogP) is 1.99. The molecule has 1 fully saturated rings. The number of rotatable bonds is 6. The Labute approximate surface area is 106 Å². The van der Waals surface area contributed by atoms with Gasteiger partial charge in [0.25, 0.3) is 0 Å². The molecule has 0 spiro atoms. The van der Waals surface area contributed by atoms with Gasteiger partial charge in [-0.15, -0.1) is 0 Å². The molecule has 0 aromatic rings. The molecule has 17 heavy (non-hydrogen) atoms. The third-order valence-electron chi connectivity index (χ3n) is 4.64. The van der Waals surface area contributed by atoms with Gasteiger partial charge in [-0.1, -0.05) is 13.8 Å². The van der Waals surface area contributed by atoms with Gasteiger partial charge >= 0.3 is 0 Å². The fourth-order valence-corrected chi connectivity index (χ4v) is 2.74. The van der Waals surface area contributed by atoms with Crippen LogP contribution in [0.25, 0.3) is 0 Å². The zero-order valence-corrected chi connectivity index (χ0v) is 11.8. The zero-order valence-electron chi connectivity index (χ0n) is 11.8. The van der Waals surface area contributed by atoms with Crippen LogP contribution in [0.4, 0.5) is 0 Å². The summed E-state index contributed by atoms with van der Waals surface area (Å²) < 4.78 is 0. The summed E-state index contributed by atoms with van der Waals surface area (Å²) in [6.45, 7) is 9.21. The van der Waals surface area contributed by atoms with Gasteiger partial charge in [0.05, 0.1) is 6.61 Å². The highest BCUT2D eigenvalue weighted by Crippen LogP contribution is 2.23. The van der Waals surface area contributed by atoms with E-state index in [1.807, 2.05) is 0 Å². The maximum Gasteiger partial charge on any atom is 0.0611 e. The van der Waals surface area contributed by atoms with Crippen LogP contribution in [0.3, 0.4) is 0 Å². The monoisotopic (exact) mass is 242 g/mol. The van der Waals surface area contributed by atoms with Crippen LogP contribution in [-0.2, 0) is 0 Å². The second kappa shape index (κ2) is 6.72. The van der Waals surface area contributed by atoms with E-state index in [2.05, 4.69) is 25.7 Å². The van der Waals surface area contributed by atoms with Crippen molar-refractivity contribution in [2.24, 2.45) is 11.7 Å². The van der Waals surface area contributed by atoms with E-state index in [1.54, 1.807) is 0 Å². The normalized spacial score (nSPS) is 30.2. The molecule has 0 bridgehead atoms. The van der Waals surface area contributed by atoms with E-state index < -0.39 is 0 Å². The summed E-state index contributed by atoms with van der Waals surface area (Å²) in [7, 11) is 0. The van der Waals surface area contributed by atoms with Crippen LogP contribution in [0.2, 0.25) is 0 Å². The Hall–Kier alpha value is -0.120. The average Bonchev–Trinajstić information content (AvgIpc) is 2.34. The van der Waals surface area contributed by atoms with Gasteiger partial charge in [-0.05, 0) is 58.0 Å². The summed E-state index contributed by atoms with van der Waals surface area (Å²) in [5.41, 5.74) is 5.75. The lowest BCUT2D eigenvalue weighted by Crippen LogP contribution is -2.46. The standard InChI is InChI=1S/C14H30N2O/c1-4-14(15,11-17)8-6-10-16-9-5-7-12(2)13(16)3/h12-13,17H,4-11,15H2,1-3H3. The number of nitrogens with two attached hydrogens (primary N) is 1. The number of nitrogens with zero attached hydrogens (tertiary/aromatic N) is 1. The molecule has 3 atom stereocenters. The first-order valence-electron chi connectivity index (χ1n) is 7.16. The van der Waals surface area contributed by atoms with E-state index >= 15 is 0 Å². The van der Waals surface area contributed by atoms with Gasteiger partial charge in [0.15, 0.2) is 0 Å². The number of hydrogen-bond donors (Lipinski definition) is 2. The van der Waals surface area contributed by atoms with E-state index in [-0.39, 0.29) is 12.1 Å². The largest absolute Gasteiger partial charge is 0.394 e. The molecule has 3 heteroatoms. The van der Waals surface area contributed by atoms with Gasteiger partial charge in [-0.2, -0.15) is 0 Å². The minimum atomic E-state index is -0.357. The lowest BCUT2D eigenvalue weighted by atomic mass is 9.90. The van der Waals surface area contributed by atoms with Gasteiger partial charge in [0.2, 0.25) is 0 Å². The molecule has 1 heterocycles. The molecule has 1 aliphatic rings. The number of aliphatic hydroxyl groups excluding tert-OH is 1. The second-order valence-corrected chi connectivity index (χ2v) is 5.87. The predicted molar refractivity (Wildman–Crippen MR) is 73.0 cm³/mol. The van der Waals surface area contributed by atoms with Crippen molar-refractivity contribution in [1.29, 1.82) is 0 Å². The Kier molecular flexibility index (Phi) is 5.90. The first-order chi connectivity index (χ1) is 8.02. The van der Waals surface area contributed by atoms with Crippen molar-refractivity contribution >= 4 is 0 Å². The number of piperidine rings is 1. The molecule has 1 aliphatic heterocycles. The summed E-state index contributed by atoms with van der Waals surface area (Å²) >= 11 is 0. The fraction of sp³-hybridized carbons (Fsp3) is 1.00. The van der Waals surface area contributed by atoms with Crippen molar-refractivity contribution in [2.75, 3.05) is 19.7 Å². The van der Waals surface area contributed by atoms with Crippen LogP contribution in [0.5, 0.6) is 0 Å². The molecule has 3 nitrogen and oxygen atoms in total. The molecule has 1 saturated heterocycles. The molecule has 0 aromatic heterocycles. The maximum atomic E-state index is 9.28. The lowest BCUT2D eigenvalue weighted by Gasteiger charge is -2.38. The molecule has 0 saturated carbocycles. The van der Waals surface area contributed by atoms with Crippen molar-refractivity contribution in [1.82, 2.24) is 4.90 Å². The quantitative estimate of drug-likeness (QED) is 0.749. The molecule has 0 radical (unpaired) electrons. The molecule has 3 unspecified atom stereocenters. The Morgan fingerprint density at radius 1 is 1.41 bits per heavy atom. The van der Waals surface area contributed by atoms with Crippen LogP contribution in [0.1, 0.15) is 52.9 Å². The van der Waals surface area contributed by atoms with Crippen molar-refractivity contribution in [3.05, 3.63) is 0 Å². The van der Waals surface area contributed by atoms with Crippen LogP contribution in [-0.4, -0.2) is 41.3 Å². The zero-order chi connectivity index (χ0) is 12.9. The molecule has 1 rings (SSSR count). The molecule has 3 N–H and O–H groups in total. The van der Waals surface area contributed by atoms with Crippen molar-refractivity contribution in [3.8, 4) is 0 Å². The molecule has 0 amide bonds. The minimum Gasteiger partial charge on any atom is -0.394 e. The smallest absolute Gasteiger partial charge is 0.0611 e. The van der Waals surface area contributed by atoms with Crippen LogP contribution in [0, 0.1) is 5.92 Å². The van der Waals surface area contributed by atoms with Gasteiger partial charge in [-0.3, -0.25) is 0 Å². The Morgan fingerprint density at radius 2 is 2.12 bits per heavy atom. The average molecular weight is 242 g/mol. The van der Waals surface area contributed by atoms with Crippen LogP contribution in [0.15, 0.2) is 0 Å². The Morgan fingerprint density at radius 3 is 2.71 bits per heavy atom. The van der Waals surface area contributed by atoms with Gasteiger partial charge in [-0.25, -0.2) is 0 Å². The SMILES string of the molecule is CCC(N)(CO)CCCN1CCCC(C)C1C. The highest BCUT2D eigenvalue weighted by molar-refractivity contribution is 4.83. The first-order valence-corrected chi connectivity index (χ1v) is 7.16. The highest BCUT2D eigenvalue weighted by Gasteiger charge is 2.26. The molecule has 0 aromatic carbocycles. The third-order valence-corrected chi connectivity index (χ3v) is 4.64. The van der Waals surface area contributed by atoms with E-state index in [1.165, 1.54) is 19.4 Å². The molecular weight excluding hydrogens is 212 g/mol. The third kappa shape index (κ3) is 4.23. The molecule has 102 valence electrons. The van der Waals surface area contributed by atoms with Crippen LogP contribution < -0.4 is 5.73 Å². The molecular formula is C14H30N2O. The van der Waals surface area contributed by atoms with E-state index in [0.29, 0.717) is 6.04 Å². The summed E-state index contributed by atoms with van der Waals surface area (Å²) in [5, 5.41) is 9.28. The topological polar surface area (TPSA) is 49.5 Å². The van der Waals surface area contributed by atoms with Gasteiger partial charge in [0.1, 0.15) is 0 Å². The van der Waals surface area contributed by atoms with E-state index in [0.717, 1.165) is 31.7 Å².